The van der Waals surface area contributed by atoms with Crippen molar-refractivity contribution in [2.24, 2.45) is 0 Å². The maximum Gasteiger partial charge on any atom is 0.420 e. The molecular formula is C18H19ClN2O4S. The van der Waals surface area contributed by atoms with E-state index >= 15 is 0 Å². The number of oxazole rings is 1. The standard InChI is InChI=1S/C18H19ClN2O4S/c1-3-20(4-2)26(23,24)14-9-10-16-17(11-14)25-18(22)21(16)12-13-7-5-6-8-15(13)19/h5-11H,3-4,12H2,1-2H3. The molecule has 6 nitrogen and oxygen atoms in total. The number of sulfonamides is 1. The van der Waals surface area contributed by atoms with Gasteiger partial charge in [0.15, 0.2) is 5.58 Å². The highest BCUT2D eigenvalue weighted by atomic mass is 35.5. The lowest BCUT2D eigenvalue weighted by Gasteiger charge is -2.18. The topological polar surface area (TPSA) is 72.5 Å². The molecule has 0 N–H and O–H groups in total. The predicted molar refractivity (Wildman–Crippen MR) is 101 cm³/mol. The van der Waals surface area contributed by atoms with Gasteiger partial charge >= 0.3 is 5.76 Å². The van der Waals surface area contributed by atoms with Gasteiger partial charge in [-0.1, -0.05) is 43.6 Å². The number of fused-ring (bicyclic) bond motifs is 1. The summed E-state index contributed by atoms with van der Waals surface area (Å²) in [7, 11) is -3.62. The van der Waals surface area contributed by atoms with Crippen molar-refractivity contribution in [2.75, 3.05) is 13.1 Å². The maximum atomic E-state index is 12.6. The molecule has 0 aliphatic heterocycles. The Balaban J connectivity index is 2.07. The molecule has 0 bridgehead atoms. The van der Waals surface area contributed by atoms with Gasteiger partial charge in [0.05, 0.1) is 17.0 Å². The molecule has 26 heavy (non-hydrogen) atoms. The SMILES string of the molecule is CCN(CC)S(=O)(=O)c1ccc2c(c1)oc(=O)n2Cc1ccccc1Cl. The molecule has 3 rings (SSSR count). The summed E-state index contributed by atoms with van der Waals surface area (Å²) in [5, 5.41) is 0.550. The molecule has 0 amide bonds. The minimum Gasteiger partial charge on any atom is -0.408 e. The largest absolute Gasteiger partial charge is 0.420 e. The quantitative estimate of drug-likeness (QED) is 0.642. The number of nitrogens with zero attached hydrogens (tertiary/aromatic N) is 2. The minimum absolute atomic E-state index is 0.104. The summed E-state index contributed by atoms with van der Waals surface area (Å²) < 4.78 is 33.4. The zero-order valence-electron chi connectivity index (χ0n) is 14.5. The smallest absolute Gasteiger partial charge is 0.408 e. The molecule has 1 heterocycles. The molecular weight excluding hydrogens is 376 g/mol. The molecule has 0 aliphatic rings. The monoisotopic (exact) mass is 394 g/mol. The van der Waals surface area contributed by atoms with E-state index < -0.39 is 15.8 Å². The third-order valence-corrected chi connectivity index (χ3v) is 6.68. The molecule has 0 saturated carbocycles. The second-order valence-corrected chi connectivity index (χ2v) is 8.11. The van der Waals surface area contributed by atoms with E-state index in [1.54, 1.807) is 26.0 Å². The van der Waals surface area contributed by atoms with Crippen molar-refractivity contribution < 1.29 is 12.8 Å². The highest BCUT2D eigenvalue weighted by molar-refractivity contribution is 7.89. The molecule has 0 fully saturated rings. The second-order valence-electron chi connectivity index (χ2n) is 5.76. The molecule has 1 aromatic heterocycles. The molecule has 0 radical (unpaired) electrons. The zero-order chi connectivity index (χ0) is 18.9. The van der Waals surface area contributed by atoms with Gasteiger partial charge in [-0.3, -0.25) is 4.57 Å². The lowest BCUT2D eigenvalue weighted by Crippen LogP contribution is -2.30. The van der Waals surface area contributed by atoms with Crippen LogP contribution in [0.3, 0.4) is 0 Å². The molecule has 0 atom stereocenters. The van der Waals surface area contributed by atoms with Crippen LogP contribution in [0.15, 0.2) is 56.6 Å². The van der Waals surface area contributed by atoms with E-state index in [0.29, 0.717) is 23.6 Å². The van der Waals surface area contributed by atoms with Gasteiger partial charge in [-0.2, -0.15) is 4.31 Å². The van der Waals surface area contributed by atoms with Gasteiger partial charge in [-0.15, -0.1) is 0 Å². The van der Waals surface area contributed by atoms with Crippen LogP contribution in [0, 0.1) is 0 Å². The Bertz CT molecular complexity index is 1100. The fourth-order valence-electron chi connectivity index (χ4n) is 2.87. The first-order valence-electron chi connectivity index (χ1n) is 8.25. The number of rotatable bonds is 6. The van der Waals surface area contributed by atoms with Crippen LogP contribution in [0.5, 0.6) is 0 Å². The third-order valence-electron chi connectivity index (χ3n) is 4.27. The predicted octanol–water partition coefficient (Wildman–Crippen LogP) is 3.33. The number of aromatic nitrogens is 1. The summed E-state index contributed by atoms with van der Waals surface area (Å²) in [5.41, 5.74) is 1.53. The summed E-state index contributed by atoms with van der Waals surface area (Å²) in [4.78, 5) is 12.4. The van der Waals surface area contributed by atoms with E-state index in [9.17, 15) is 13.2 Å². The summed E-state index contributed by atoms with van der Waals surface area (Å²) in [6, 6.07) is 11.7. The van der Waals surface area contributed by atoms with Crippen LogP contribution in [0.25, 0.3) is 11.1 Å². The van der Waals surface area contributed by atoms with E-state index in [2.05, 4.69) is 0 Å². The molecule has 138 valence electrons. The number of hydrogen-bond donors (Lipinski definition) is 0. The third kappa shape index (κ3) is 3.30. The van der Waals surface area contributed by atoms with Crippen LogP contribution < -0.4 is 5.76 Å². The Hall–Kier alpha value is -2.09. The van der Waals surface area contributed by atoms with Crippen molar-refractivity contribution in [3.8, 4) is 0 Å². The lowest BCUT2D eigenvalue weighted by atomic mass is 10.2. The highest BCUT2D eigenvalue weighted by Gasteiger charge is 2.23. The first-order valence-corrected chi connectivity index (χ1v) is 10.1. The van der Waals surface area contributed by atoms with Crippen LogP contribution in [-0.2, 0) is 16.6 Å². The minimum atomic E-state index is -3.62. The van der Waals surface area contributed by atoms with Crippen LogP contribution in [0.1, 0.15) is 19.4 Å². The first-order chi connectivity index (χ1) is 12.4. The molecule has 0 aliphatic carbocycles. The molecule has 0 unspecified atom stereocenters. The van der Waals surface area contributed by atoms with Crippen molar-refractivity contribution >= 4 is 32.7 Å². The van der Waals surface area contributed by atoms with E-state index in [-0.39, 0.29) is 17.0 Å². The van der Waals surface area contributed by atoms with E-state index in [0.717, 1.165) is 5.56 Å². The average molecular weight is 395 g/mol. The summed E-state index contributed by atoms with van der Waals surface area (Å²) in [5.74, 6) is -0.558. The number of hydrogen-bond acceptors (Lipinski definition) is 4. The van der Waals surface area contributed by atoms with E-state index in [1.165, 1.54) is 21.0 Å². The van der Waals surface area contributed by atoms with Crippen LogP contribution in [0.2, 0.25) is 5.02 Å². The fraction of sp³-hybridized carbons (Fsp3) is 0.278. The molecule has 2 aromatic carbocycles. The average Bonchev–Trinajstić information content (AvgIpc) is 2.92. The zero-order valence-corrected chi connectivity index (χ0v) is 16.0. The number of benzene rings is 2. The molecule has 3 aromatic rings. The van der Waals surface area contributed by atoms with E-state index in [4.69, 9.17) is 16.0 Å². The van der Waals surface area contributed by atoms with Gasteiger partial charge < -0.3 is 4.42 Å². The lowest BCUT2D eigenvalue weighted by molar-refractivity contribution is 0.445. The molecule has 0 saturated heterocycles. The molecule has 0 spiro atoms. The molecule has 8 heteroatoms. The Kier molecular flexibility index (Phi) is 5.22. The Morgan fingerprint density at radius 1 is 1.12 bits per heavy atom. The highest BCUT2D eigenvalue weighted by Crippen LogP contribution is 2.23. The van der Waals surface area contributed by atoms with Crippen LogP contribution in [0.4, 0.5) is 0 Å². The van der Waals surface area contributed by atoms with E-state index in [1.807, 2.05) is 18.2 Å². The summed E-state index contributed by atoms with van der Waals surface area (Å²) in [6.07, 6.45) is 0. The second kappa shape index (κ2) is 7.26. The Morgan fingerprint density at radius 3 is 2.46 bits per heavy atom. The van der Waals surface area contributed by atoms with Gasteiger partial charge in [0.1, 0.15) is 0 Å². The van der Waals surface area contributed by atoms with Crippen molar-refractivity contribution in [3.63, 3.8) is 0 Å². The van der Waals surface area contributed by atoms with Gasteiger partial charge in [0.25, 0.3) is 0 Å². The fourth-order valence-corrected chi connectivity index (χ4v) is 4.54. The number of halogens is 1. The van der Waals surface area contributed by atoms with Crippen molar-refractivity contribution in [3.05, 3.63) is 63.6 Å². The summed E-state index contributed by atoms with van der Waals surface area (Å²) in [6.45, 7) is 4.54. The normalized spacial score (nSPS) is 12.2. The van der Waals surface area contributed by atoms with Gasteiger partial charge in [0.2, 0.25) is 10.0 Å². The van der Waals surface area contributed by atoms with Crippen LogP contribution >= 0.6 is 11.6 Å². The van der Waals surface area contributed by atoms with Crippen LogP contribution in [-0.4, -0.2) is 30.4 Å². The van der Waals surface area contributed by atoms with Gasteiger partial charge in [-0.25, -0.2) is 13.2 Å². The van der Waals surface area contributed by atoms with Crippen molar-refractivity contribution in [1.29, 1.82) is 0 Å². The van der Waals surface area contributed by atoms with Gasteiger partial charge in [0, 0.05) is 24.2 Å². The van der Waals surface area contributed by atoms with Gasteiger partial charge in [-0.05, 0) is 23.8 Å². The van der Waals surface area contributed by atoms with Crippen molar-refractivity contribution in [2.45, 2.75) is 25.3 Å². The maximum absolute atomic E-state index is 12.6. The Morgan fingerprint density at radius 2 is 1.81 bits per heavy atom. The Labute approximate surface area is 156 Å². The first kappa shape index (κ1) is 18.7. The summed E-state index contributed by atoms with van der Waals surface area (Å²) >= 11 is 6.17. The van der Waals surface area contributed by atoms with Crippen molar-refractivity contribution in [1.82, 2.24) is 8.87 Å².